The summed E-state index contributed by atoms with van der Waals surface area (Å²) >= 11 is 0. The summed E-state index contributed by atoms with van der Waals surface area (Å²) in [7, 11) is 1.52. The third-order valence-corrected chi connectivity index (χ3v) is 8.97. The van der Waals surface area contributed by atoms with Crippen LogP contribution >= 0.6 is 0 Å². The molecule has 0 unspecified atom stereocenters. The number of pyridine rings is 1. The largest absolute Gasteiger partial charge is 0.405 e. The number of benzene rings is 2. The summed E-state index contributed by atoms with van der Waals surface area (Å²) in [6.45, 7) is 8.07. The molecule has 2 aromatic heterocycles. The molecule has 1 saturated heterocycles. The molecule has 0 saturated carbocycles. The Bertz CT molecular complexity index is 1930. The van der Waals surface area contributed by atoms with Gasteiger partial charge in [-0.2, -0.15) is 4.31 Å². The zero-order valence-corrected chi connectivity index (χ0v) is 25.4. The van der Waals surface area contributed by atoms with Gasteiger partial charge in [0.05, 0.1) is 22.8 Å². The van der Waals surface area contributed by atoms with E-state index >= 15 is 0 Å². The number of amides is 1. The monoisotopic (exact) mass is 617 g/mol. The third kappa shape index (κ3) is 7.03. The maximum atomic E-state index is 13.2. The number of sulfonamides is 1. The van der Waals surface area contributed by atoms with E-state index in [2.05, 4.69) is 28.8 Å². The molecule has 3 heterocycles. The van der Waals surface area contributed by atoms with Crippen molar-refractivity contribution >= 4 is 46.2 Å². The van der Waals surface area contributed by atoms with Crippen LogP contribution in [0.1, 0.15) is 12.8 Å². The number of anilines is 2. The van der Waals surface area contributed by atoms with E-state index in [1.165, 1.54) is 12.4 Å². The van der Waals surface area contributed by atoms with Crippen molar-refractivity contribution in [3.05, 3.63) is 115 Å². The van der Waals surface area contributed by atoms with Crippen LogP contribution in [0.15, 0.2) is 115 Å². The number of fused-ring (bicyclic) bond motifs is 1. The zero-order valence-electron chi connectivity index (χ0n) is 24.6. The van der Waals surface area contributed by atoms with Crippen molar-refractivity contribution < 1.29 is 13.2 Å². The van der Waals surface area contributed by atoms with E-state index in [9.17, 15) is 13.2 Å². The van der Waals surface area contributed by atoms with Crippen LogP contribution in [-0.2, 0) is 14.8 Å². The lowest BCUT2D eigenvalue weighted by Crippen LogP contribution is -2.43. The molecule has 10 nitrogen and oxygen atoms in total. The van der Waals surface area contributed by atoms with Crippen LogP contribution in [0, 0.1) is 0 Å². The zero-order chi connectivity index (χ0) is 32.0. The van der Waals surface area contributed by atoms with Gasteiger partial charge in [0.2, 0.25) is 15.9 Å². The topological polar surface area (TPSA) is 143 Å². The van der Waals surface area contributed by atoms with Gasteiger partial charge < -0.3 is 16.4 Å². The fourth-order valence-electron chi connectivity index (χ4n) is 5.11. The van der Waals surface area contributed by atoms with Crippen LogP contribution in [0.3, 0.4) is 0 Å². The Morgan fingerprint density at radius 2 is 1.87 bits per heavy atom. The van der Waals surface area contributed by atoms with Gasteiger partial charge in [-0.3, -0.25) is 9.78 Å². The average molecular weight is 618 g/mol. The number of aromatic nitrogens is 3. The van der Waals surface area contributed by atoms with Crippen molar-refractivity contribution in [2.24, 2.45) is 5.73 Å². The second kappa shape index (κ2) is 13.7. The summed E-state index contributed by atoms with van der Waals surface area (Å²) in [4.78, 5) is 26.8. The maximum Gasteiger partial charge on any atom is 0.242 e. The van der Waals surface area contributed by atoms with Crippen molar-refractivity contribution in [2.75, 3.05) is 23.7 Å². The fourth-order valence-corrected chi connectivity index (χ4v) is 6.31. The number of nitrogens with one attached hydrogen (secondary N) is 2. The van der Waals surface area contributed by atoms with Gasteiger partial charge in [-0.25, -0.2) is 18.4 Å². The number of allylic oxidation sites excluding steroid dienone is 2. The van der Waals surface area contributed by atoms with Crippen molar-refractivity contribution in [3.63, 3.8) is 0 Å². The number of hydrogen-bond acceptors (Lipinski definition) is 8. The Labute approximate surface area is 264 Å². The van der Waals surface area contributed by atoms with Gasteiger partial charge in [-0.05, 0) is 54.0 Å². The van der Waals surface area contributed by atoms with Crippen LogP contribution in [0.4, 0.5) is 11.5 Å². The average Bonchev–Trinajstić information content (AvgIpc) is 3.55. The minimum absolute atomic E-state index is 0.187. The van der Waals surface area contributed by atoms with Gasteiger partial charge in [-0.1, -0.05) is 67.8 Å². The molecule has 1 aliphatic rings. The molecule has 2 aromatic carbocycles. The molecule has 4 aromatic rings. The minimum atomic E-state index is -3.99. The number of nitrogens with two attached hydrogens (primary N) is 1. The van der Waals surface area contributed by atoms with Crippen LogP contribution in [0.25, 0.3) is 33.4 Å². The number of hydrogen-bond donors (Lipinski definition) is 3. The molecule has 1 aliphatic heterocycles. The van der Waals surface area contributed by atoms with Gasteiger partial charge in [0.1, 0.15) is 19.7 Å². The molecule has 0 spiro atoms. The summed E-state index contributed by atoms with van der Waals surface area (Å²) in [6.07, 6.45) is 10.8. The van der Waals surface area contributed by atoms with E-state index in [0.717, 1.165) is 26.4 Å². The summed E-state index contributed by atoms with van der Waals surface area (Å²) in [6, 6.07) is 16.7. The number of nitrogens with zero attached hydrogens (tertiary/aromatic N) is 4. The van der Waals surface area contributed by atoms with Gasteiger partial charge >= 0.3 is 0 Å². The Hall–Kier alpha value is -5.07. The van der Waals surface area contributed by atoms with Crippen LogP contribution < -0.4 is 16.4 Å². The SMILES string of the molecule is [B]C(=C)S(=O)(=O)N1CCC[C@H]1C(=O)Nc1cncc(-c2nc(NCC(=C)/C=C\C=C/N)c3c(-c4ccccc4)cccc3n2)c1. The third-order valence-electron chi connectivity index (χ3n) is 7.26. The molecular weight excluding hydrogens is 585 g/mol. The molecule has 226 valence electrons. The Morgan fingerprint density at radius 3 is 2.62 bits per heavy atom. The first-order valence-corrected chi connectivity index (χ1v) is 15.7. The van der Waals surface area contributed by atoms with Crippen molar-refractivity contribution in [1.82, 2.24) is 19.3 Å². The van der Waals surface area contributed by atoms with Crippen molar-refractivity contribution in [1.29, 1.82) is 0 Å². The van der Waals surface area contributed by atoms with E-state index < -0.39 is 26.8 Å². The molecule has 5 rings (SSSR count). The highest BCUT2D eigenvalue weighted by Crippen LogP contribution is 2.34. The predicted octanol–water partition coefficient (Wildman–Crippen LogP) is 4.73. The van der Waals surface area contributed by atoms with Gasteiger partial charge in [0, 0.05) is 29.7 Å². The summed E-state index contributed by atoms with van der Waals surface area (Å²) in [5.41, 5.74) is 9.86. The van der Waals surface area contributed by atoms with Crippen LogP contribution in [-0.4, -0.2) is 60.6 Å². The van der Waals surface area contributed by atoms with Crippen molar-refractivity contribution in [3.8, 4) is 22.5 Å². The quantitative estimate of drug-likeness (QED) is 0.162. The van der Waals surface area contributed by atoms with Gasteiger partial charge in [-0.15, -0.1) is 0 Å². The molecule has 0 aliphatic carbocycles. The summed E-state index contributed by atoms with van der Waals surface area (Å²) < 4.78 is 26.3. The Morgan fingerprint density at radius 1 is 1.07 bits per heavy atom. The highest BCUT2D eigenvalue weighted by molar-refractivity contribution is 7.94. The lowest BCUT2D eigenvalue weighted by Gasteiger charge is -2.23. The summed E-state index contributed by atoms with van der Waals surface area (Å²) in [5.74, 6) is 0.499. The molecule has 1 fully saturated rings. The minimum Gasteiger partial charge on any atom is -0.405 e. The molecule has 1 amide bonds. The smallest absolute Gasteiger partial charge is 0.242 e. The number of carbonyl (C=O) groups is 1. The number of rotatable bonds is 11. The predicted molar refractivity (Wildman–Crippen MR) is 180 cm³/mol. The van der Waals surface area contributed by atoms with Gasteiger partial charge in [0.25, 0.3) is 0 Å². The van der Waals surface area contributed by atoms with E-state index in [4.69, 9.17) is 23.5 Å². The highest BCUT2D eigenvalue weighted by atomic mass is 32.2. The normalized spacial score (nSPS) is 15.5. The lowest BCUT2D eigenvalue weighted by atomic mass is 10.0. The maximum absolute atomic E-state index is 13.2. The van der Waals surface area contributed by atoms with Crippen LogP contribution in [0.5, 0.6) is 0 Å². The lowest BCUT2D eigenvalue weighted by molar-refractivity contribution is -0.119. The standard InChI is InChI=1S/C33H32BN7O3S/c1-22(10-6-7-16-35)19-37-32-30-27(24-11-4-3-5-12-24)13-8-14-28(30)39-31(40-32)25-18-26(21-36-20-25)38-33(42)29-15-9-17-41(29)45(43,44)23(2)34/h3-8,10-14,16,18,20-21,29H,1-2,9,15,17,19,35H2,(H,38,42)(H,37,39,40)/b10-6-,16-7-/t29-/m0/s1. The van der Waals surface area contributed by atoms with Crippen molar-refractivity contribution in [2.45, 2.75) is 18.9 Å². The molecule has 12 heteroatoms. The van der Waals surface area contributed by atoms with E-state index in [1.54, 1.807) is 24.4 Å². The molecule has 45 heavy (non-hydrogen) atoms. The first-order valence-electron chi connectivity index (χ1n) is 14.2. The first kappa shape index (κ1) is 31.4. The molecule has 4 N–H and O–H groups in total. The summed E-state index contributed by atoms with van der Waals surface area (Å²) in [5, 5.41) is 7.06. The fraction of sp³-hybridized carbons (Fsp3) is 0.152. The second-order valence-electron chi connectivity index (χ2n) is 10.4. The molecular formula is C33H32BN7O3S. The second-order valence-corrected chi connectivity index (χ2v) is 12.4. The van der Waals surface area contributed by atoms with Gasteiger partial charge in [0.15, 0.2) is 5.82 Å². The van der Waals surface area contributed by atoms with Crippen LogP contribution in [0.2, 0.25) is 0 Å². The van der Waals surface area contributed by atoms with E-state index in [1.807, 2.05) is 54.6 Å². The molecule has 2 radical (unpaired) electrons. The molecule has 1 atom stereocenters. The number of carbonyl (C=O) groups excluding carboxylic acids is 1. The Kier molecular flexibility index (Phi) is 9.55. The Balaban J connectivity index is 1.49. The van der Waals surface area contributed by atoms with E-state index in [-0.39, 0.29) is 6.54 Å². The first-order chi connectivity index (χ1) is 21.7. The van der Waals surface area contributed by atoms with E-state index in [0.29, 0.717) is 47.8 Å². The molecule has 0 bridgehead atoms. The highest BCUT2D eigenvalue weighted by Gasteiger charge is 2.38.